The molecule has 6 nitrogen and oxygen atoms in total. The van der Waals surface area contributed by atoms with Crippen LogP contribution in [0.25, 0.3) is 21.7 Å². The van der Waals surface area contributed by atoms with E-state index < -0.39 is 11.7 Å². The summed E-state index contributed by atoms with van der Waals surface area (Å²) >= 11 is 1.58. The molecule has 2 aliphatic heterocycles. The third-order valence-corrected chi connectivity index (χ3v) is 8.94. The number of rotatable bonds is 9. The molecule has 0 spiro atoms. The van der Waals surface area contributed by atoms with Gasteiger partial charge in [0.25, 0.3) is 0 Å². The summed E-state index contributed by atoms with van der Waals surface area (Å²) in [5, 5.41) is 19.8. The number of aromatic nitrogens is 1. The fraction of sp³-hybridized carbons (Fsp3) is 0.500. The molecule has 3 heterocycles. The quantitative estimate of drug-likeness (QED) is 0.334. The Hall–Kier alpha value is -2.50. The minimum atomic E-state index is -4.59. The van der Waals surface area contributed by atoms with Gasteiger partial charge in [0, 0.05) is 56.1 Å². The zero-order chi connectivity index (χ0) is 28.3. The topological polar surface area (TPSA) is 69.1 Å². The molecule has 0 unspecified atom stereocenters. The zero-order valence-corrected chi connectivity index (χ0v) is 23.5. The van der Waals surface area contributed by atoms with Crippen molar-refractivity contribution in [2.75, 3.05) is 45.9 Å². The lowest BCUT2D eigenvalue weighted by atomic mass is 9.92. The molecule has 216 valence electrons. The van der Waals surface area contributed by atoms with Gasteiger partial charge in [-0.1, -0.05) is 30.3 Å². The molecule has 40 heavy (non-hydrogen) atoms. The summed E-state index contributed by atoms with van der Waals surface area (Å²) in [5.41, 5.74) is 2.47. The predicted molar refractivity (Wildman–Crippen MR) is 151 cm³/mol. The molecule has 0 radical (unpaired) electrons. The van der Waals surface area contributed by atoms with E-state index in [4.69, 9.17) is 9.72 Å². The van der Waals surface area contributed by atoms with Crippen molar-refractivity contribution >= 4 is 11.3 Å². The smallest absolute Gasteiger partial charge is 0.420 e. The van der Waals surface area contributed by atoms with Crippen molar-refractivity contribution in [3.63, 3.8) is 0 Å². The standard InChI is InChI=1S/C30H36F3N3O3S/c1-20-22(5-2-6-23(20)29-34-25-11-15-36(16-17-37)19-27(25)40-29)24-7-3-8-26(28(24)30(31,32)33)39-18-4-12-35-13-9-21(38)10-14-35/h2-3,5-8,21,37-38H,4,9-19H2,1H3. The Labute approximate surface area is 237 Å². The Morgan fingerprint density at radius 2 is 1.73 bits per heavy atom. The average Bonchev–Trinajstić information content (AvgIpc) is 3.35. The Morgan fingerprint density at radius 1 is 1.00 bits per heavy atom. The van der Waals surface area contributed by atoms with Gasteiger partial charge in [0.15, 0.2) is 0 Å². The second-order valence-electron chi connectivity index (χ2n) is 10.6. The molecule has 1 saturated heterocycles. The average molecular weight is 576 g/mol. The highest BCUT2D eigenvalue weighted by Crippen LogP contribution is 2.45. The number of fused-ring (bicyclic) bond motifs is 1. The molecule has 0 amide bonds. The molecule has 1 aromatic heterocycles. The largest absolute Gasteiger partial charge is 0.493 e. The lowest BCUT2D eigenvalue weighted by Gasteiger charge is -2.29. The maximum atomic E-state index is 14.5. The van der Waals surface area contributed by atoms with E-state index in [-0.39, 0.29) is 30.6 Å². The molecule has 2 N–H and O–H groups in total. The van der Waals surface area contributed by atoms with Crippen molar-refractivity contribution in [2.24, 2.45) is 0 Å². The van der Waals surface area contributed by atoms with Crippen LogP contribution in [0.3, 0.4) is 0 Å². The molecule has 5 rings (SSSR count). The van der Waals surface area contributed by atoms with E-state index in [0.717, 1.165) is 78.7 Å². The second-order valence-corrected chi connectivity index (χ2v) is 11.7. The molecular weight excluding hydrogens is 539 g/mol. The van der Waals surface area contributed by atoms with Crippen LogP contribution >= 0.6 is 11.3 Å². The first-order valence-electron chi connectivity index (χ1n) is 13.9. The van der Waals surface area contributed by atoms with Gasteiger partial charge in [-0.15, -0.1) is 11.3 Å². The molecule has 3 aromatic rings. The van der Waals surface area contributed by atoms with Crippen LogP contribution in [0.15, 0.2) is 36.4 Å². The van der Waals surface area contributed by atoms with Crippen molar-refractivity contribution in [3.05, 3.63) is 58.1 Å². The zero-order valence-electron chi connectivity index (χ0n) is 22.7. The summed E-state index contributed by atoms with van der Waals surface area (Å²) in [6, 6.07) is 9.97. The monoisotopic (exact) mass is 575 g/mol. The second kappa shape index (κ2) is 12.6. The fourth-order valence-electron chi connectivity index (χ4n) is 5.64. The molecule has 0 aliphatic carbocycles. The fourth-order valence-corrected chi connectivity index (χ4v) is 6.87. The Bertz CT molecular complexity index is 1310. The van der Waals surface area contributed by atoms with Gasteiger partial charge < -0.3 is 19.8 Å². The number of aliphatic hydroxyl groups is 2. The van der Waals surface area contributed by atoms with Crippen LogP contribution < -0.4 is 4.74 Å². The van der Waals surface area contributed by atoms with E-state index in [1.54, 1.807) is 29.5 Å². The number of hydrogen-bond acceptors (Lipinski definition) is 7. The number of ether oxygens (including phenoxy) is 1. The first kappa shape index (κ1) is 29.0. The Kier molecular flexibility index (Phi) is 9.11. The minimum Gasteiger partial charge on any atom is -0.493 e. The summed E-state index contributed by atoms with van der Waals surface area (Å²) in [5.74, 6) is -0.155. The number of hydrogen-bond donors (Lipinski definition) is 2. The molecular formula is C30H36F3N3O3S. The van der Waals surface area contributed by atoms with E-state index in [1.165, 1.54) is 12.1 Å². The molecule has 0 atom stereocenters. The normalized spacial score (nSPS) is 17.2. The van der Waals surface area contributed by atoms with Gasteiger partial charge in [-0.3, -0.25) is 4.90 Å². The number of piperidine rings is 1. The van der Waals surface area contributed by atoms with E-state index in [1.807, 2.05) is 13.0 Å². The summed E-state index contributed by atoms with van der Waals surface area (Å²) in [4.78, 5) is 10.4. The Morgan fingerprint density at radius 3 is 2.48 bits per heavy atom. The maximum absolute atomic E-state index is 14.5. The van der Waals surface area contributed by atoms with Gasteiger partial charge >= 0.3 is 6.18 Å². The van der Waals surface area contributed by atoms with Crippen molar-refractivity contribution in [1.29, 1.82) is 0 Å². The summed E-state index contributed by atoms with van der Waals surface area (Å²) in [6.45, 7) is 6.63. The lowest BCUT2D eigenvalue weighted by Crippen LogP contribution is -2.36. The van der Waals surface area contributed by atoms with Gasteiger partial charge in [-0.05, 0) is 48.9 Å². The van der Waals surface area contributed by atoms with Gasteiger partial charge in [0.05, 0.1) is 25.0 Å². The molecule has 0 bridgehead atoms. The van der Waals surface area contributed by atoms with Gasteiger partial charge in [-0.2, -0.15) is 13.2 Å². The summed E-state index contributed by atoms with van der Waals surface area (Å²) < 4.78 is 49.2. The molecule has 10 heteroatoms. The van der Waals surface area contributed by atoms with Crippen molar-refractivity contribution in [1.82, 2.24) is 14.8 Å². The number of nitrogens with zero attached hydrogens (tertiary/aromatic N) is 3. The predicted octanol–water partition coefficient (Wildman–Crippen LogP) is 5.38. The molecule has 2 aliphatic rings. The molecule has 1 fully saturated rings. The van der Waals surface area contributed by atoms with E-state index in [0.29, 0.717) is 18.5 Å². The third-order valence-electron chi connectivity index (χ3n) is 7.82. The highest BCUT2D eigenvalue weighted by molar-refractivity contribution is 7.15. The first-order chi connectivity index (χ1) is 19.2. The van der Waals surface area contributed by atoms with Gasteiger partial charge in [-0.25, -0.2) is 4.98 Å². The number of benzene rings is 2. The van der Waals surface area contributed by atoms with Crippen LogP contribution in [0.2, 0.25) is 0 Å². The van der Waals surface area contributed by atoms with Gasteiger partial charge in [0.2, 0.25) is 0 Å². The highest BCUT2D eigenvalue weighted by Gasteiger charge is 2.38. The number of thiazole rings is 1. The van der Waals surface area contributed by atoms with Crippen LogP contribution in [-0.2, 0) is 19.1 Å². The highest BCUT2D eigenvalue weighted by atomic mass is 32.1. The number of alkyl halides is 3. The molecule has 0 saturated carbocycles. The summed E-state index contributed by atoms with van der Waals surface area (Å²) in [7, 11) is 0. The lowest BCUT2D eigenvalue weighted by molar-refractivity contribution is -0.138. The summed E-state index contributed by atoms with van der Waals surface area (Å²) in [6.07, 6.45) is -1.99. The van der Waals surface area contributed by atoms with Crippen molar-refractivity contribution < 1.29 is 28.1 Å². The van der Waals surface area contributed by atoms with E-state index in [9.17, 15) is 23.4 Å². The maximum Gasteiger partial charge on any atom is 0.420 e. The van der Waals surface area contributed by atoms with Gasteiger partial charge in [0.1, 0.15) is 16.3 Å². The first-order valence-corrected chi connectivity index (χ1v) is 14.7. The number of β-amino-alcohol motifs (C(OH)–C–C–N with tert-alkyl or cyclic N) is 1. The van der Waals surface area contributed by atoms with Crippen LogP contribution in [0, 0.1) is 6.92 Å². The third kappa shape index (κ3) is 6.52. The Balaban J connectivity index is 1.38. The van der Waals surface area contributed by atoms with Crippen molar-refractivity contribution in [2.45, 2.75) is 51.4 Å². The van der Waals surface area contributed by atoms with Crippen LogP contribution in [-0.4, -0.2) is 77.0 Å². The SMILES string of the molecule is Cc1c(-c2nc3c(s2)CN(CCO)CC3)cccc1-c1cccc(OCCCN2CCC(O)CC2)c1C(F)(F)F. The van der Waals surface area contributed by atoms with E-state index in [2.05, 4.69) is 9.80 Å². The van der Waals surface area contributed by atoms with Crippen molar-refractivity contribution in [3.8, 4) is 27.4 Å². The van der Waals surface area contributed by atoms with Crippen LogP contribution in [0.1, 0.15) is 41.0 Å². The number of aliphatic hydroxyl groups excluding tert-OH is 2. The number of likely N-dealkylation sites (tertiary alicyclic amines) is 1. The van der Waals surface area contributed by atoms with Crippen LogP contribution in [0.4, 0.5) is 13.2 Å². The van der Waals surface area contributed by atoms with Crippen LogP contribution in [0.5, 0.6) is 5.75 Å². The molecule has 2 aromatic carbocycles. The number of halogens is 3. The minimum absolute atomic E-state index is 0.102. The van der Waals surface area contributed by atoms with E-state index >= 15 is 0 Å².